The first kappa shape index (κ1) is 17.0. The zero-order chi connectivity index (χ0) is 17.7. The summed E-state index contributed by atoms with van der Waals surface area (Å²) in [5.41, 5.74) is 1.42. The zero-order valence-electron chi connectivity index (χ0n) is 13.2. The van der Waals surface area contributed by atoms with Crippen LogP contribution in [0, 0.1) is 6.92 Å². The van der Waals surface area contributed by atoms with Crippen molar-refractivity contribution in [2.75, 3.05) is 5.75 Å². The molecule has 0 spiro atoms. The SMILES string of the molecule is Cc1nc2n([n+]1-c1c(Cl)cc(Cl)cc1Cl)-c1ccccc1S(=O)CC2. The second-order valence-electron chi connectivity index (χ2n) is 5.68. The molecule has 1 atom stereocenters. The highest BCUT2D eigenvalue weighted by Gasteiger charge is 2.32. The summed E-state index contributed by atoms with van der Waals surface area (Å²) >= 11 is 18.9. The van der Waals surface area contributed by atoms with E-state index in [9.17, 15) is 4.21 Å². The van der Waals surface area contributed by atoms with Crippen molar-refractivity contribution in [3.05, 3.63) is 63.1 Å². The number of aryl methyl sites for hydroxylation is 2. The average molecular weight is 414 g/mol. The van der Waals surface area contributed by atoms with Gasteiger partial charge in [0.2, 0.25) is 0 Å². The van der Waals surface area contributed by atoms with E-state index >= 15 is 0 Å². The standard InChI is InChI=1S/C17H13Cl3N3OS/c1-10-21-16-6-7-25(24)15-5-3-2-4-14(15)23(16)22(10)17-12(19)8-11(18)9-13(17)20/h2-5,8-9H,6-7H2,1H3/q+1. The molecule has 0 aliphatic carbocycles. The highest BCUT2D eigenvalue weighted by Crippen LogP contribution is 2.31. The van der Waals surface area contributed by atoms with E-state index < -0.39 is 10.8 Å². The number of hydrogen-bond donors (Lipinski definition) is 0. The molecule has 0 radical (unpaired) electrons. The molecule has 1 unspecified atom stereocenters. The minimum absolute atomic E-state index is 0.427. The van der Waals surface area contributed by atoms with Gasteiger partial charge in [-0.25, -0.2) is 0 Å². The number of rotatable bonds is 1. The molecular formula is C17H13Cl3N3OS+. The molecule has 1 aliphatic heterocycles. The molecule has 25 heavy (non-hydrogen) atoms. The molecule has 1 aromatic heterocycles. The van der Waals surface area contributed by atoms with Gasteiger partial charge in [-0.05, 0) is 29.2 Å². The average Bonchev–Trinajstić information content (AvgIpc) is 2.81. The van der Waals surface area contributed by atoms with Gasteiger partial charge in [0.05, 0.1) is 25.7 Å². The summed E-state index contributed by atoms with van der Waals surface area (Å²) in [4.78, 5) is 5.44. The molecule has 0 amide bonds. The van der Waals surface area contributed by atoms with Crippen molar-refractivity contribution in [3.8, 4) is 11.4 Å². The molecule has 2 aromatic carbocycles. The van der Waals surface area contributed by atoms with Crippen LogP contribution in [0.1, 0.15) is 11.6 Å². The van der Waals surface area contributed by atoms with Gasteiger partial charge >= 0.3 is 5.82 Å². The molecule has 0 N–H and O–H groups in total. The van der Waals surface area contributed by atoms with E-state index in [0.29, 0.717) is 32.9 Å². The van der Waals surface area contributed by atoms with Gasteiger partial charge in [-0.15, -0.1) is 9.36 Å². The Labute approximate surface area is 162 Å². The Morgan fingerprint density at radius 1 is 1.16 bits per heavy atom. The minimum atomic E-state index is -1.08. The fourth-order valence-corrected chi connectivity index (χ4v) is 5.25. The van der Waals surface area contributed by atoms with Gasteiger partial charge < -0.3 is 0 Å². The van der Waals surface area contributed by atoms with E-state index in [1.807, 2.05) is 40.6 Å². The van der Waals surface area contributed by atoms with Crippen molar-refractivity contribution in [1.29, 1.82) is 0 Å². The highest BCUT2D eigenvalue weighted by molar-refractivity contribution is 7.85. The molecule has 0 saturated carbocycles. The van der Waals surface area contributed by atoms with E-state index in [-0.39, 0.29) is 0 Å². The van der Waals surface area contributed by atoms with E-state index in [0.717, 1.165) is 22.2 Å². The third-order valence-electron chi connectivity index (χ3n) is 4.09. The van der Waals surface area contributed by atoms with Crippen molar-refractivity contribution in [1.82, 2.24) is 9.67 Å². The molecular weight excluding hydrogens is 401 g/mol. The van der Waals surface area contributed by atoms with Crippen molar-refractivity contribution >= 4 is 45.6 Å². The fraction of sp³-hybridized carbons (Fsp3) is 0.176. The first-order valence-corrected chi connectivity index (χ1v) is 10.1. The number of halogens is 3. The third kappa shape index (κ3) is 2.79. The van der Waals surface area contributed by atoms with Crippen molar-refractivity contribution in [2.24, 2.45) is 0 Å². The molecule has 0 fully saturated rings. The molecule has 8 heteroatoms. The van der Waals surface area contributed by atoms with Crippen LogP contribution in [0.4, 0.5) is 0 Å². The van der Waals surface area contributed by atoms with Crippen LogP contribution in [0.25, 0.3) is 11.4 Å². The lowest BCUT2D eigenvalue weighted by atomic mass is 10.3. The Morgan fingerprint density at radius 2 is 1.84 bits per heavy atom. The van der Waals surface area contributed by atoms with Gasteiger partial charge in [0.25, 0.3) is 5.82 Å². The summed E-state index contributed by atoms with van der Waals surface area (Å²) in [5.74, 6) is 2.08. The van der Waals surface area contributed by atoms with Crippen molar-refractivity contribution < 1.29 is 8.89 Å². The van der Waals surface area contributed by atoms with Crippen LogP contribution in [0.15, 0.2) is 41.3 Å². The fourth-order valence-electron chi connectivity index (χ4n) is 3.07. The maximum Gasteiger partial charge on any atom is 0.322 e. The number of hydrogen-bond acceptors (Lipinski definition) is 2. The minimum Gasteiger partial charge on any atom is -0.254 e. The summed E-state index contributed by atoms with van der Waals surface area (Å²) < 4.78 is 16.4. The smallest absolute Gasteiger partial charge is 0.254 e. The second kappa shape index (κ2) is 6.40. The molecule has 128 valence electrons. The van der Waals surface area contributed by atoms with Crippen LogP contribution in [-0.4, -0.2) is 19.6 Å². The number of aromatic nitrogens is 3. The van der Waals surface area contributed by atoms with Gasteiger partial charge in [-0.3, -0.25) is 4.21 Å². The van der Waals surface area contributed by atoms with Gasteiger partial charge in [0, 0.05) is 24.1 Å². The van der Waals surface area contributed by atoms with E-state index in [1.165, 1.54) is 0 Å². The van der Waals surface area contributed by atoms with E-state index in [2.05, 4.69) is 4.98 Å². The van der Waals surface area contributed by atoms with Crippen LogP contribution < -0.4 is 4.68 Å². The predicted molar refractivity (Wildman–Crippen MR) is 99.8 cm³/mol. The normalized spacial score (nSPS) is 16.2. The van der Waals surface area contributed by atoms with Gasteiger partial charge in [0.15, 0.2) is 5.69 Å². The largest absolute Gasteiger partial charge is 0.322 e. The van der Waals surface area contributed by atoms with Crippen LogP contribution >= 0.6 is 34.8 Å². The zero-order valence-corrected chi connectivity index (χ0v) is 16.3. The Morgan fingerprint density at radius 3 is 2.56 bits per heavy atom. The third-order valence-corrected chi connectivity index (χ3v) is 6.29. The predicted octanol–water partition coefficient (Wildman–Crippen LogP) is 4.08. The topological polar surface area (TPSA) is 38.8 Å². The molecule has 2 heterocycles. The molecule has 4 nitrogen and oxygen atoms in total. The lowest BCUT2D eigenvalue weighted by molar-refractivity contribution is -0.682. The van der Waals surface area contributed by atoms with E-state index in [1.54, 1.807) is 12.1 Å². The second-order valence-corrected chi connectivity index (χ2v) is 8.47. The number of nitrogens with zero attached hydrogens (tertiary/aromatic N) is 3. The Balaban J connectivity index is 2.09. The Kier molecular flexibility index (Phi) is 4.36. The quantitative estimate of drug-likeness (QED) is 0.564. The van der Waals surface area contributed by atoms with Crippen LogP contribution in [0.5, 0.6) is 0 Å². The molecule has 3 aromatic rings. The first-order chi connectivity index (χ1) is 12.0. The molecule has 4 rings (SSSR count). The molecule has 0 bridgehead atoms. The van der Waals surface area contributed by atoms with Gasteiger partial charge in [-0.2, -0.15) is 0 Å². The molecule has 1 aliphatic rings. The maximum atomic E-state index is 12.6. The van der Waals surface area contributed by atoms with Crippen molar-refractivity contribution in [3.63, 3.8) is 0 Å². The van der Waals surface area contributed by atoms with Crippen LogP contribution in [-0.2, 0) is 17.2 Å². The monoisotopic (exact) mass is 412 g/mol. The van der Waals surface area contributed by atoms with Crippen LogP contribution in [0.2, 0.25) is 15.1 Å². The van der Waals surface area contributed by atoms with E-state index in [4.69, 9.17) is 34.8 Å². The summed E-state index contributed by atoms with van der Waals surface area (Å²) in [6.45, 7) is 1.89. The van der Waals surface area contributed by atoms with Gasteiger partial charge in [-0.1, -0.05) is 46.9 Å². The molecule has 0 saturated heterocycles. The number of para-hydroxylation sites is 1. The summed E-state index contributed by atoms with van der Waals surface area (Å²) in [7, 11) is -1.08. The van der Waals surface area contributed by atoms with Crippen molar-refractivity contribution in [2.45, 2.75) is 18.2 Å². The number of fused-ring (bicyclic) bond motifs is 3. The van der Waals surface area contributed by atoms with Crippen LogP contribution in [0.3, 0.4) is 0 Å². The lowest BCUT2D eigenvalue weighted by Gasteiger charge is -2.11. The summed E-state index contributed by atoms with van der Waals surface area (Å²) in [6.07, 6.45) is 0.595. The number of benzene rings is 2. The van der Waals surface area contributed by atoms with Gasteiger partial charge in [0.1, 0.15) is 5.69 Å². The summed E-state index contributed by atoms with van der Waals surface area (Å²) in [5, 5.41) is 1.32. The highest BCUT2D eigenvalue weighted by atomic mass is 35.5. The first-order valence-electron chi connectivity index (χ1n) is 7.60. The Hall–Kier alpha value is -1.40. The maximum absolute atomic E-state index is 12.6. The Bertz CT molecular complexity index is 1010. The lowest BCUT2D eigenvalue weighted by Crippen LogP contribution is -2.43. The summed E-state index contributed by atoms with van der Waals surface area (Å²) in [6, 6.07) is 10.9.